The maximum Gasteiger partial charge on any atom is 0.472 e. The summed E-state index contributed by atoms with van der Waals surface area (Å²) in [6.45, 7) is 14.3. The number of ether oxygens (including phenoxy) is 4. The molecule has 3 N–H and O–H groups in total. The summed E-state index contributed by atoms with van der Waals surface area (Å²) in [6, 6.07) is 0. The number of aliphatic hydroxyl groups excluding tert-OH is 1. The maximum absolute atomic E-state index is 13.1. The second kappa shape index (κ2) is 72.9. The Morgan fingerprint density at radius 2 is 0.466 bits per heavy atom. The van der Waals surface area contributed by atoms with Gasteiger partial charge in [-0.05, 0) is 49.4 Å². The molecule has 19 heteroatoms. The maximum atomic E-state index is 13.1. The molecule has 0 aliphatic carbocycles. The van der Waals surface area contributed by atoms with Gasteiger partial charge in [0.1, 0.15) is 19.3 Å². The minimum atomic E-state index is -4.96. The van der Waals surface area contributed by atoms with E-state index in [2.05, 4.69) is 55.4 Å². The fourth-order valence-corrected chi connectivity index (χ4v) is 14.5. The summed E-state index contributed by atoms with van der Waals surface area (Å²) < 4.78 is 68.8. The van der Waals surface area contributed by atoms with E-state index >= 15 is 0 Å². The van der Waals surface area contributed by atoms with Crippen LogP contribution in [0.25, 0.3) is 0 Å². The second-order valence-corrected chi connectivity index (χ2v) is 34.8. The summed E-state index contributed by atoms with van der Waals surface area (Å²) in [7, 11) is -9.93. The van der Waals surface area contributed by atoms with Crippen LogP contribution in [0.15, 0.2) is 0 Å². The number of aliphatic hydroxyl groups is 1. The highest BCUT2D eigenvalue weighted by molar-refractivity contribution is 7.47. The van der Waals surface area contributed by atoms with E-state index in [4.69, 9.17) is 37.0 Å². The molecule has 103 heavy (non-hydrogen) atoms. The average molecular weight is 1510 g/mol. The van der Waals surface area contributed by atoms with Gasteiger partial charge in [0.2, 0.25) is 0 Å². The van der Waals surface area contributed by atoms with Crippen molar-refractivity contribution >= 4 is 39.5 Å². The molecule has 6 atom stereocenters. The first kappa shape index (κ1) is 101. The Bertz CT molecular complexity index is 2010. The summed E-state index contributed by atoms with van der Waals surface area (Å²) in [4.78, 5) is 73.1. The highest BCUT2D eigenvalue weighted by Crippen LogP contribution is 2.45. The first-order chi connectivity index (χ1) is 49.6. The zero-order chi connectivity index (χ0) is 76.0. The van der Waals surface area contributed by atoms with Crippen molar-refractivity contribution in [3.8, 4) is 0 Å². The molecular weight excluding hydrogens is 1340 g/mol. The van der Waals surface area contributed by atoms with Crippen molar-refractivity contribution in [3.63, 3.8) is 0 Å². The minimum absolute atomic E-state index is 0.106. The minimum Gasteiger partial charge on any atom is -0.462 e. The molecule has 0 fully saturated rings. The fourth-order valence-electron chi connectivity index (χ4n) is 12.9. The smallest absolute Gasteiger partial charge is 0.462 e. The average Bonchev–Trinajstić information content (AvgIpc) is 0.958. The van der Waals surface area contributed by atoms with Crippen molar-refractivity contribution in [2.75, 3.05) is 39.6 Å². The standard InChI is InChI=1S/C84H164O17P2/c1-9-77(8)63-55-47-39-31-25-18-14-12-10-11-13-15-19-26-32-40-48-56-64-81(86)94-70-79(100-84(89)67-59-51-42-34-28-22-21-24-30-37-45-53-61-75(4)5)72-98-102(90,91)96-68-78(85)69-97-103(92,93)99-73-80(71-95-82(87)65-57-49-43-35-38-46-54-62-76(6)7)101-83(88)66-58-50-41-33-27-20-16-17-23-29-36-44-52-60-74(2)3/h74-80,85H,9-73H2,1-8H3,(H,90,91)(H,92,93)/t77?,78?,79-,80-/m1/s1. The van der Waals surface area contributed by atoms with Gasteiger partial charge in [-0.1, -0.05) is 383 Å². The Morgan fingerprint density at radius 1 is 0.272 bits per heavy atom. The summed E-state index contributed by atoms with van der Waals surface area (Å²) >= 11 is 0. The predicted molar refractivity (Wildman–Crippen MR) is 423 cm³/mol. The van der Waals surface area contributed by atoms with Gasteiger partial charge in [-0.25, -0.2) is 9.13 Å². The molecule has 0 saturated carbocycles. The van der Waals surface area contributed by atoms with Crippen molar-refractivity contribution in [2.24, 2.45) is 23.7 Å². The summed E-state index contributed by atoms with van der Waals surface area (Å²) in [5.74, 6) is 1.03. The van der Waals surface area contributed by atoms with Gasteiger partial charge in [0.15, 0.2) is 12.2 Å². The van der Waals surface area contributed by atoms with Gasteiger partial charge in [0.25, 0.3) is 0 Å². The molecule has 0 spiro atoms. The molecule has 0 saturated heterocycles. The lowest BCUT2D eigenvalue weighted by atomic mass is 9.99. The van der Waals surface area contributed by atoms with E-state index in [1.165, 1.54) is 231 Å². The molecular formula is C84H164O17P2. The normalized spacial score (nSPS) is 14.2. The summed E-state index contributed by atoms with van der Waals surface area (Å²) in [5, 5.41) is 10.7. The number of esters is 4. The van der Waals surface area contributed by atoms with Gasteiger partial charge in [-0.2, -0.15) is 0 Å². The van der Waals surface area contributed by atoms with Crippen molar-refractivity contribution in [1.29, 1.82) is 0 Å². The van der Waals surface area contributed by atoms with Crippen LogP contribution in [0, 0.1) is 23.7 Å². The lowest BCUT2D eigenvalue weighted by Gasteiger charge is -2.21. The van der Waals surface area contributed by atoms with Gasteiger partial charge in [-0.15, -0.1) is 0 Å². The Labute approximate surface area is 632 Å². The van der Waals surface area contributed by atoms with Crippen LogP contribution < -0.4 is 0 Å². The zero-order valence-corrected chi connectivity index (χ0v) is 69.7. The van der Waals surface area contributed by atoms with Crippen LogP contribution in [-0.4, -0.2) is 96.7 Å². The molecule has 0 amide bonds. The third-order valence-corrected chi connectivity index (χ3v) is 21.8. The van der Waals surface area contributed by atoms with Gasteiger partial charge < -0.3 is 33.8 Å². The van der Waals surface area contributed by atoms with E-state index in [1.807, 2.05) is 0 Å². The van der Waals surface area contributed by atoms with Gasteiger partial charge in [-0.3, -0.25) is 37.3 Å². The number of phosphoric acid groups is 2. The number of carbonyl (C=O) groups excluding carboxylic acids is 4. The fraction of sp³-hybridized carbons (Fsp3) is 0.952. The Balaban J connectivity index is 5.20. The Kier molecular flexibility index (Phi) is 71.5. The van der Waals surface area contributed by atoms with Crippen LogP contribution in [0.1, 0.15) is 434 Å². The largest absolute Gasteiger partial charge is 0.472 e. The molecule has 0 aliphatic rings. The first-order valence-corrected chi connectivity index (χ1v) is 46.2. The molecule has 0 aromatic carbocycles. The van der Waals surface area contributed by atoms with Crippen molar-refractivity contribution < 1.29 is 80.2 Å². The number of hydrogen-bond donors (Lipinski definition) is 3. The van der Waals surface area contributed by atoms with Crippen LogP contribution in [0.2, 0.25) is 0 Å². The second-order valence-electron chi connectivity index (χ2n) is 31.9. The molecule has 0 aromatic heterocycles. The summed E-state index contributed by atoms with van der Waals surface area (Å²) in [6.07, 6.45) is 61.2. The number of rotatable bonds is 81. The molecule has 0 radical (unpaired) electrons. The quantitative estimate of drug-likeness (QED) is 0.0222. The van der Waals surface area contributed by atoms with E-state index in [0.29, 0.717) is 31.6 Å². The van der Waals surface area contributed by atoms with E-state index < -0.39 is 97.5 Å². The molecule has 0 aromatic rings. The summed E-state index contributed by atoms with van der Waals surface area (Å²) in [5.41, 5.74) is 0. The monoisotopic (exact) mass is 1510 g/mol. The van der Waals surface area contributed by atoms with Crippen LogP contribution in [0.5, 0.6) is 0 Å². The van der Waals surface area contributed by atoms with Gasteiger partial charge in [0, 0.05) is 25.7 Å². The lowest BCUT2D eigenvalue weighted by molar-refractivity contribution is -0.161. The molecule has 0 aliphatic heterocycles. The number of phosphoric ester groups is 2. The number of carbonyl (C=O) groups is 4. The lowest BCUT2D eigenvalue weighted by Crippen LogP contribution is -2.30. The zero-order valence-electron chi connectivity index (χ0n) is 68.0. The molecule has 17 nitrogen and oxygen atoms in total. The van der Waals surface area contributed by atoms with Crippen LogP contribution in [-0.2, 0) is 65.4 Å². The molecule has 0 heterocycles. The van der Waals surface area contributed by atoms with E-state index in [1.54, 1.807) is 0 Å². The third kappa shape index (κ3) is 76.6. The van der Waals surface area contributed by atoms with Gasteiger partial charge >= 0.3 is 39.5 Å². The number of hydrogen-bond acceptors (Lipinski definition) is 15. The SMILES string of the molecule is CCC(C)CCCCCCCCCCCCCCCCCCCCC(=O)OC[C@H](COP(=O)(O)OCC(O)COP(=O)(O)OC[C@@H](COC(=O)CCCCCCCCCC(C)C)OC(=O)CCCCCCCCCCCCCCCC(C)C)OC(=O)CCCCCCCCCCCCCCC(C)C. The first-order valence-electron chi connectivity index (χ1n) is 43.2. The highest BCUT2D eigenvalue weighted by Gasteiger charge is 2.30. The molecule has 4 unspecified atom stereocenters. The van der Waals surface area contributed by atoms with Crippen molar-refractivity contribution in [3.05, 3.63) is 0 Å². The third-order valence-electron chi connectivity index (χ3n) is 19.9. The molecule has 0 rings (SSSR count). The Hall–Kier alpha value is -1.94. The van der Waals surface area contributed by atoms with Crippen LogP contribution in [0.3, 0.4) is 0 Å². The van der Waals surface area contributed by atoms with Crippen molar-refractivity contribution in [2.45, 2.75) is 453 Å². The topological polar surface area (TPSA) is 237 Å². The van der Waals surface area contributed by atoms with E-state index in [9.17, 15) is 43.2 Å². The van der Waals surface area contributed by atoms with Crippen LogP contribution >= 0.6 is 15.6 Å². The molecule has 0 bridgehead atoms. The highest BCUT2D eigenvalue weighted by atomic mass is 31.2. The van der Waals surface area contributed by atoms with Gasteiger partial charge in [0.05, 0.1) is 26.4 Å². The van der Waals surface area contributed by atoms with Crippen molar-refractivity contribution in [1.82, 2.24) is 0 Å². The Morgan fingerprint density at radius 3 is 0.689 bits per heavy atom. The number of unbranched alkanes of at least 4 members (excludes halogenated alkanes) is 46. The molecule has 612 valence electrons. The van der Waals surface area contributed by atoms with E-state index in [0.717, 1.165) is 114 Å². The van der Waals surface area contributed by atoms with Crippen LogP contribution in [0.4, 0.5) is 0 Å². The van der Waals surface area contributed by atoms with E-state index in [-0.39, 0.29) is 25.7 Å². The predicted octanol–water partition coefficient (Wildman–Crippen LogP) is 25.2.